The summed E-state index contributed by atoms with van der Waals surface area (Å²) in [6.07, 6.45) is 9.90. The molecule has 13 heteroatoms. The first-order chi connectivity index (χ1) is 16.6. The summed E-state index contributed by atoms with van der Waals surface area (Å²) in [5, 5.41) is 13.4. The maximum Gasteiger partial charge on any atom is 0.511 e. The lowest BCUT2D eigenvalue weighted by molar-refractivity contribution is -0.0648. The van der Waals surface area contributed by atoms with Crippen molar-refractivity contribution in [2.45, 2.75) is 82.0 Å². The Morgan fingerprint density at radius 2 is 1.89 bits per heavy atom. The van der Waals surface area contributed by atoms with Crippen molar-refractivity contribution in [3.8, 4) is 0 Å². The minimum Gasteiger partial charge on any atom is -0.388 e. The lowest BCUT2D eigenvalue weighted by Crippen LogP contribution is -2.50. The van der Waals surface area contributed by atoms with Crippen molar-refractivity contribution in [2.24, 2.45) is 5.16 Å². The molecule has 4 heterocycles. The van der Waals surface area contributed by atoms with Crippen molar-refractivity contribution in [3.05, 3.63) is 18.0 Å². The molecule has 2 aliphatic heterocycles. The van der Waals surface area contributed by atoms with Gasteiger partial charge < -0.3 is 10.2 Å². The van der Waals surface area contributed by atoms with E-state index in [1.165, 1.54) is 19.3 Å². The van der Waals surface area contributed by atoms with Crippen LogP contribution in [-0.2, 0) is 21.4 Å². The van der Waals surface area contributed by atoms with Crippen molar-refractivity contribution in [3.63, 3.8) is 0 Å². The van der Waals surface area contributed by atoms with Crippen molar-refractivity contribution >= 4 is 32.5 Å². The molecule has 1 aliphatic carbocycles. The van der Waals surface area contributed by atoms with Crippen molar-refractivity contribution in [1.29, 1.82) is 0 Å². The number of pyridine rings is 1. The molecule has 1 spiro atoms. The Labute approximate surface area is 201 Å². The quantitative estimate of drug-likeness (QED) is 0.647. The molecule has 2 fully saturated rings. The normalized spacial score (nSPS) is 21.9. The molecule has 0 bridgehead atoms. The van der Waals surface area contributed by atoms with Gasteiger partial charge in [0.2, 0.25) is 0 Å². The van der Waals surface area contributed by atoms with Gasteiger partial charge in [0.25, 0.3) is 0 Å². The number of oxime groups is 1. The van der Waals surface area contributed by atoms with Crippen molar-refractivity contribution in [1.82, 2.24) is 19.1 Å². The highest BCUT2D eigenvalue weighted by atomic mass is 32.2. The molecule has 192 valence electrons. The van der Waals surface area contributed by atoms with E-state index in [0.29, 0.717) is 29.0 Å². The fourth-order valence-corrected chi connectivity index (χ4v) is 6.25. The molecule has 0 amide bonds. The van der Waals surface area contributed by atoms with Crippen LogP contribution < -0.4 is 5.32 Å². The molecule has 5 rings (SSSR count). The predicted octanol–water partition coefficient (Wildman–Crippen LogP) is 4.00. The van der Waals surface area contributed by atoms with Crippen LogP contribution in [0.3, 0.4) is 0 Å². The third-order valence-corrected chi connectivity index (χ3v) is 8.97. The molecule has 0 unspecified atom stereocenters. The minimum absolute atomic E-state index is 0.129. The first-order valence-corrected chi connectivity index (χ1v) is 13.5. The van der Waals surface area contributed by atoms with Gasteiger partial charge in [0.1, 0.15) is 5.60 Å². The number of hydrogen-bond acceptors (Lipinski definition) is 7. The largest absolute Gasteiger partial charge is 0.511 e. The topological polar surface area (TPSA) is 102 Å². The van der Waals surface area contributed by atoms with E-state index in [2.05, 4.69) is 20.6 Å². The zero-order chi connectivity index (χ0) is 24.8. The number of rotatable bonds is 5. The second-order valence-corrected chi connectivity index (χ2v) is 11.5. The van der Waals surface area contributed by atoms with Gasteiger partial charge in [0, 0.05) is 56.7 Å². The van der Waals surface area contributed by atoms with E-state index in [0.717, 1.165) is 35.1 Å². The highest BCUT2D eigenvalue weighted by Gasteiger charge is 2.53. The predicted molar refractivity (Wildman–Crippen MR) is 124 cm³/mol. The first kappa shape index (κ1) is 24.3. The minimum atomic E-state index is -5.35. The molecular formula is C22H29F3N6O3S. The van der Waals surface area contributed by atoms with E-state index in [4.69, 9.17) is 4.84 Å². The Morgan fingerprint density at radius 1 is 1.17 bits per heavy atom. The van der Waals surface area contributed by atoms with Crippen molar-refractivity contribution in [2.75, 3.05) is 18.4 Å². The van der Waals surface area contributed by atoms with Gasteiger partial charge in [-0.3, -0.25) is 0 Å². The molecule has 35 heavy (non-hydrogen) atoms. The number of piperidine rings is 1. The second-order valence-electron chi connectivity index (χ2n) is 9.56. The van der Waals surface area contributed by atoms with E-state index in [9.17, 15) is 21.6 Å². The third kappa shape index (κ3) is 4.37. The zero-order valence-corrected chi connectivity index (χ0v) is 20.3. The van der Waals surface area contributed by atoms with Crippen LogP contribution in [-0.4, -0.2) is 63.4 Å². The molecule has 3 aliphatic rings. The van der Waals surface area contributed by atoms with Gasteiger partial charge in [-0.25, -0.2) is 18.1 Å². The highest BCUT2D eigenvalue weighted by molar-refractivity contribution is 7.90. The Hall–Kier alpha value is -2.41. The Balaban J connectivity index is 1.39. The summed E-state index contributed by atoms with van der Waals surface area (Å²) in [4.78, 5) is 10.4. The third-order valence-electron chi connectivity index (χ3n) is 7.34. The number of nitrogens with zero attached hydrogens (tertiary/aromatic N) is 5. The summed E-state index contributed by atoms with van der Waals surface area (Å²) < 4.78 is 64.8. The molecule has 9 nitrogen and oxygen atoms in total. The van der Waals surface area contributed by atoms with Crippen LogP contribution in [0.2, 0.25) is 0 Å². The van der Waals surface area contributed by atoms with E-state index in [-0.39, 0.29) is 25.9 Å². The number of hydrogen-bond donors (Lipinski definition) is 1. The average Bonchev–Trinajstić information content (AvgIpc) is 3.44. The van der Waals surface area contributed by atoms with Gasteiger partial charge >= 0.3 is 15.5 Å². The lowest BCUT2D eigenvalue weighted by atomic mass is 9.86. The monoisotopic (exact) mass is 514 g/mol. The van der Waals surface area contributed by atoms with E-state index in [1.807, 2.05) is 11.6 Å². The smallest absolute Gasteiger partial charge is 0.388 e. The molecule has 1 saturated carbocycles. The first-order valence-electron chi connectivity index (χ1n) is 12.1. The standard InChI is InChI=1S/C22H29F3N6O3S/c1-2-31-20-17(14-27-31)19(28-15-6-4-3-5-7-15)16(13-26-20)18-12-21(34-29-18)8-10-30(11-9-21)35(32,33)22(23,24)25/h13-15H,2-12H2,1H3,(H,26,28). The Bertz CT molecular complexity index is 1230. The van der Waals surface area contributed by atoms with Crippen LogP contribution >= 0.6 is 0 Å². The molecule has 0 radical (unpaired) electrons. The van der Waals surface area contributed by atoms with Gasteiger partial charge in [-0.2, -0.15) is 22.6 Å². The van der Waals surface area contributed by atoms with Gasteiger partial charge in [-0.1, -0.05) is 24.4 Å². The number of alkyl halides is 3. The number of anilines is 1. The lowest BCUT2D eigenvalue weighted by Gasteiger charge is -2.36. The maximum absolute atomic E-state index is 13.0. The van der Waals surface area contributed by atoms with Gasteiger partial charge in [-0.15, -0.1) is 0 Å². The van der Waals surface area contributed by atoms with Crippen LogP contribution in [0.25, 0.3) is 11.0 Å². The number of nitrogens with one attached hydrogen (secondary N) is 1. The van der Waals surface area contributed by atoms with Crippen LogP contribution in [0.5, 0.6) is 0 Å². The fraction of sp³-hybridized carbons (Fsp3) is 0.682. The number of aromatic nitrogens is 3. The number of halogens is 3. The Morgan fingerprint density at radius 3 is 2.54 bits per heavy atom. The maximum atomic E-state index is 13.0. The molecule has 0 aromatic carbocycles. The van der Waals surface area contributed by atoms with Gasteiger partial charge in [0.15, 0.2) is 5.65 Å². The van der Waals surface area contributed by atoms with Crippen molar-refractivity contribution < 1.29 is 26.4 Å². The summed E-state index contributed by atoms with van der Waals surface area (Å²) in [6, 6.07) is 0.325. The van der Waals surface area contributed by atoms with Gasteiger partial charge in [0.05, 0.1) is 23.0 Å². The van der Waals surface area contributed by atoms with Gasteiger partial charge in [-0.05, 0) is 19.8 Å². The summed E-state index contributed by atoms with van der Waals surface area (Å²) in [5.74, 6) is 0. The molecule has 2 aromatic heterocycles. The highest BCUT2D eigenvalue weighted by Crippen LogP contribution is 2.41. The second kappa shape index (κ2) is 8.91. The summed E-state index contributed by atoms with van der Waals surface area (Å²) in [5.41, 5.74) is -3.00. The molecule has 1 saturated heterocycles. The molecule has 2 aromatic rings. The van der Waals surface area contributed by atoms with Crippen LogP contribution in [0.15, 0.2) is 17.5 Å². The van der Waals surface area contributed by atoms with Crippen LogP contribution in [0.1, 0.15) is 63.9 Å². The van der Waals surface area contributed by atoms with E-state index < -0.39 is 21.1 Å². The number of fused-ring (bicyclic) bond motifs is 1. The number of aryl methyl sites for hydroxylation is 1. The zero-order valence-electron chi connectivity index (χ0n) is 19.5. The average molecular weight is 515 g/mol. The SMILES string of the molecule is CCn1ncc2c(NC3CCCCC3)c(C3=NOC4(CCN(S(=O)(=O)C(F)(F)F)CC4)C3)cnc21. The summed E-state index contributed by atoms with van der Waals surface area (Å²) >= 11 is 0. The Kier molecular flexibility index (Phi) is 6.19. The van der Waals surface area contributed by atoms with Crippen LogP contribution in [0.4, 0.5) is 18.9 Å². The molecular weight excluding hydrogens is 485 g/mol. The fourth-order valence-electron chi connectivity index (χ4n) is 5.30. The summed E-state index contributed by atoms with van der Waals surface area (Å²) in [7, 11) is -5.35. The van der Waals surface area contributed by atoms with Crippen LogP contribution in [0, 0.1) is 0 Å². The number of sulfonamides is 1. The van der Waals surface area contributed by atoms with E-state index >= 15 is 0 Å². The molecule has 0 atom stereocenters. The molecule has 1 N–H and O–H groups in total. The summed E-state index contributed by atoms with van der Waals surface area (Å²) in [6.45, 7) is 2.15. The van der Waals surface area contributed by atoms with E-state index in [1.54, 1.807) is 12.4 Å².